The maximum Gasteiger partial charge on any atom is 0.341 e. The van der Waals surface area contributed by atoms with Crippen molar-refractivity contribution >= 4 is 22.6 Å². The van der Waals surface area contributed by atoms with Crippen molar-refractivity contribution in [3.05, 3.63) is 39.7 Å². The number of halogens is 2. The largest absolute Gasteiger partial charge is 0.477 e. The fourth-order valence-electron chi connectivity index (χ4n) is 4.45. The minimum Gasteiger partial charge on any atom is -0.477 e. The smallest absolute Gasteiger partial charge is 0.341 e. The normalized spacial score (nSPS) is 26.9. The van der Waals surface area contributed by atoms with Gasteiger partial charge < -0.3 is 20.3 Å². The lowest BCUT2D eigenvalue weighted by molar-refractivity contribution is 0.0695. The van der Waals surface area contributed by atoms with E-state index in [2.05, 4.69) is 0 Å². The van der Waals surface area contributed by atoms with E-state index >= 15 is 4.39 Å². The summed E-state index contributed by atoms with van der Waals surface area (Å²) in [4.78, 5) is 25.6. The molecule has 1 aromatic heterocycles. The predicted molar refractivity (Wildman–Crippen MR) is 95.2 cm³/mol. The number of hydrogen-bond acceptors (Lipinski definition) is 4. The topological polar surface area (TPSA) is 88.6 Å². The standard InChI is InChI=1S/C19H19F2N3O3/c20-12-5-10-15(24(9-1-2-9)7-11(17(10)25)18(26)27)14(21)16(12)23-4-3-19(8-23)6-13(19)22/h5,7,9,13H,1-4,6,8,22H2,(H,26,27). The van der Waals surface area contributed by atoms with Crippen molar-refractivity contribution in [1.82, 2.24) is 4.57 Å². The van der Waals surface area contributed by atoms with Gasteiger partial charge in [0.25, 0.3) is 0 Å². The molecule has 6 nitrogen and oxygen atoms in total. The van der Waals surface area contributed by atoms with Crippen molar-refractivity contribution < 1.29 is 18.7 Å². The van der Waals surface area contributed by atoms with E-state index in [0.29, 0.717) is 13.1 Å². The molecule has 2 heterocycles. The van der Waals surface area contributed by atoms with Crippen molar-refractivity contribution in [2.75, 3.05) is 18.0 Å². The van der Waals surface area contributed by atoms with E-state index in [1.54, 1.807) is 4.90 Å². The third-order valence-electron chi connectivity index (χ3n) is 6.31. The molecule has 2 saturated carbocycles. The van der Waals surface area contributed by atoms with Crippen LogP contribution in [0.15, 0.2) is 17.1 Å². The molecular formula is C19H19F2N3O3. The SMILES string of the molecule is NC1CC12CCN(c1c(F)cc3c(=O)c(C(=O)O)cn(C4CC4)c3c1F)C2. The van der Waals surface area contributed by atoms with Crippen LogP contribution in [0.4, 0.5) is 14.5 Å². The summed E-state index contributed by atoms with van der Waals surface area (Å²) in [5.74, 6) is -3.03. The van der Waals surface area contributed by atoms with Gasteiger partial charge in [-0.2, -0.15) is 0 Å². The van der Waals surface area contributed by atoms with Crippen molar-refractivity contribution in [2.24, 2.45) is 11.1 Å². The zero-order valence-corrected chi connectivity index (χ0v) is 14.5. The third-order valence-corrected chi connectivity index (χ3v) is 6.31. The Morgan fingerprint density at radius 1 is 1.33 bits per heavy atom. The van der Waals surface area contributed by atoms with Gasteiger partial charge in [0.05, 0.1) is 10.9 Å². The molecule has 3 fully saturated rings. The second-order valence-corrected chi connectivity index (χ2v) is 8.08. The summed E-state index contributed by atoms with van der Waals surface area (Å²) < 4.78 is 31.8. The summed E-state index contributed by atoms with van der Waals surface area (Å²) in [6.07, 6.45) is 4.38. The van der Waals surface area contributed by atoms with Gasteiger partial charge in [-0.15, -0.1) is 0 Å². The van der Waals surface area contributed by atoms with E-state index in [1.807, 2.05) is 0 Å². The molecule has 1 spiro atoms. The molecule has 2 aliphatic carbocycles. The van der Waals surface area contributed by atoms with Crippen LogP contribution in [0.1, 0.15) is 42.1 Å². The highest BCUT2D eigenvalue weighted by Crippen LogP contribution is 2.53. The number of aromatic nitrogens is 1. The van der Waals surface area contributed by atoms with Crippen LogP contribution < -0.4 is 16.1 Å². The Morgan fingerprint density at radius 3 is 2.59 bits per heavy atom. The first-order valence-electron chi connectivity index (χ1n) is 9.13. The van der Waals surface area contributed by atoms with Crippen molar-refractivity contribution in [1.29, 1.82) is 0 Å². The molecule has 2 unspecified atom stereocenters. The van der Waals surface area contributed by atoms with Gasteiger partial charge in [0.15, 0.2) is 5.82 Å². The molecule has 3 N–H and O–H groups in total. The number of carboxylic acids is 1. The molecule has 3 aliphatic rings. The Kier molecular flexibility index (Phi) is 3.26. The van der Waals surface area contributed by atoms with Crippen molar-refractivity contribution in [3.63, 3.8) is 0 Å². The number of carbonyl (C=O) groups is 1. The zero-order chi connectivity index (χ0) is 19.1. The number of aromatic carboxylic acids is 1. The summed E-state index contributed by atoms with van der Waals surface area (Å²) in [5, 5.41) is 9.06. The maximum absolute atomic E-state index is 15.5. The lowest BCUT2D eigenvalue weighted by atomic mass is 10.1. The van der Waals surface area contributed by atoms with Gasteiger partial charge in [-0.25, -0.2) is 13.6 Å². The number of fused-ring (bicyclic) bond motifs is 1. The first-order chi connectivity index (χ1) is 12.8. The summed E-state index contributed by atoms with van der Waals surface area (Å²) in [6, 6.07) is 0.983. The van der Waals surface area contributed by atoms with Crippen LogP contribution in [0.5, 0.6) is 0 Å². The van der Waals surface area contributed by atoms with Crippen LogP contribution in [0, 0.1) is 17.0 Å². The molecule has 1 aliphatic heterocycles. The molecule has 27 heavy (non-hydrogen) atoms. The van der Waals surface area contributed by atoms with E-state index in [9.17, 15) is 19.1 Å². The number of nitrogens with two attached hydrogens (primary N) is 1. The molecule has 0 radical (unpaired) electrons. The Bertz CT molecular complexity index is 1060. The number of rotatable bonds is 3. The van der Waals surface area contributed by atoms with Gasteiger partial charge in [-0.1, -0.05) is 0 Å². The number of anilines is 1. The second kappa shape index (κ2) is 5.28. The molecule has 2 atom stereocenters. The van der Waals surface area contributed by atoms with Crippen LogP contribution in [0.3, 0.4) is 0 Å². The lowest BCUT2D eigenvalue weighted by Gasteiger charge is -2.22. The highest BCUT2D eigenvalue weighted by atomic mass is 19.1. The minimum absolute atomic E-state index is 0.00931. The van der Waals surface area contributed by atoms with Crippen LogP contribution in [-0.2, 0) is 0 Å². The number of nitrogens with zero attached hydrogens (tertiary/aromatic N) is 2. The van der Waals surface area contributed by atoms with Gasteiger partial charge in [0.2, 0.25) is 5.43 Å². The van der Waals surface area contributed by atoms with Crippen LogP contribution in [0.25, 0.3) is 10.9 Å². The summed E-state index contributed by atoms with van der Waals surface area (Å²) >= 11 is 0. The quantitative estimate of drug-likeness (QED) is 0.859. The van der Waals surface area contributed by atoms with Crippen molar-refractivity contribution in [3.8, 4) is 0 Å². The van der Waals surface area contributed by atoms with Gasteiger partial charge in [0, 0.05) is 36.8 Å². The highest BCUT2D eigenvalue weighted by Gasteiger charge is 2.56. The molecule has 2 aromatic rings. The van der Waals surface area contributed by atoms with Crippen LogP contribution in [-0.4, -0.2) is 34.8 Å². The van der Waals surface area contributed by atoms with Crippen LogP contribution >= 0.6 is 0 Å². The van der Waals surface area contributed by atoms with E-state index in [1.165, 1.54) is 10.8 Å². The summed E-state index contributed by atoms with van der Waals surface area (Å²) in [7, 11) is 0. The average Bonchev–Trinajstić information content (AvgIpc) is 3.49. The minimum atomic E-state index is -1.40. The second-order valence-electron chi connectivity index (χ2n) is 8.08. The van der Waals surface area contributed by atoms with Crippen molar-refractivity contribution in [2.45, 2.75) is 37.8 Å². The third kappa shape index (κ3) is 2.32. The fourth-order valence-corrected chi connectivity index (χ4v) is 4.45. The van der Waals surface area contributed by atoms with E-state index < -0.39 is 28.6 Å². The van der Waals surface area contributed by atoms with E-state index in [0.717, 1.165) is 31.7 Å². The Hall–Kier alpha value is -2.48. The van der Waals surface area contributed by atoms with Gasteiger partial charge in [0.1, 0.15) is 17.1 Å². The van der Waals surface area contributed by atoms with E-state index in [-0.39, 0.29) is 34.1 Å². The van der Waals surface area contributed by atoms with Gasteiger partial charge in [-0.05, 0) is 31.7 Å². The fraction of sp³-hybridized carbons (Fsp3) is 0.474. The summed E-state index contributed by atoms with van der Waals surface area (Å²) in [6.45, 7) is 1.00. The number of benzene rings is 1. The zero-order valence-electron chi connectivity index (χ0n) is 14.5. The van der Waals surface area contributed by atoms with Gasteiger partial charge >= 0.3 is 5.97 Å². The maximum atomic E-state index is 15.5. The Balaban J connectivity index is 1.73. The summed E-state index contributed by atoms with van der Waals surface area (Å²) in [5.41, 5.74) is 4.45. The molecule has 5 rings (SSSR count). The van der Waals surface area contributed by atoms with Gasteiger partial charge in [-0.3, -0.25) is 4.79 Å². The Morgan fingerprint density at radius 2 is 2.04 bits per heavy atom. The number of hydrogen-bond donors (Lipinski definition) is 2. The lowest BCUT2D eigenvalue weighted by Crippen LogP contribution is -2.26. The molecule has 1 aromatic carbocycles. The highest BCUT2D eigenvalue weighted by molar-refractivity contribution is 5.94. The first kappa shape index (κ1) is 16.7. The number of carboxylic acid groups (broad SMARTS) is 1. The molecule has 0 bridgehead atoms. The average molecular weight is 375 g/mol. The predicted octanol–water partition coefficient (Wildman–Crippen LogP) is 2.24. The molecular weight excluding hydrogens is 356 g/mol. The van der Waals surface area contributed by atoms with Crippen LogP contribution in [0.2, 0.25) is 0 Å². The Labute approximate surface area is 153 Å². The number of pyridine rings is 1. The molecule has 8 heteroatoms. The van der Waals surface area contributed by atoms with E-state index in [4.69, 9.17) is 5.73 Å². The molecule has 1 saturated heterocycles. The molecule has 0 amide bonds. The molecule has 142 valence electrons. The first-order valence-corrected chi connectivity index (χ1v) is 9.13. The monoisotopic (exact) mass is 375 g/mol.